The van der Waals surface area contributed by atoms with E-state index in [-0.39, 0.29) is 12.2 Å². The van der Waals surface area contributed by atoms with E-state index in [0.717, 1.165) is 40.9 Å². The number of alkyl halides is 3. The van der Waals surface area contributed by atoms with Crippen LogP contribution in [0, 0.1) is 0 Å². The number of anilines is 1. The molecule has 2 amide bonds. The Morgan fingerprint density at radius 1 is 0.810 bits per heavy atom. The van der Waals surface area contributed by atoms with Crippen LogP contribution in [-0.4, -0.2) is 22.0 Å². The highest BCUT2D eigenvalue weighted by atomic mass is 19.4. The van der Waals surface area contributed by atoms with E-state index in [2.05, 4.69) is 45.9 Å². The van der Waals surface area contributed by atoms with Gasteiger partial charge in [0, 0.05) is 43.8 Å². The number of nitrogens with zero attached hydrogens (tertiary/aromatic N) is 2. The van der Waals surface area contributed by atoms with Crippen LogP contribution in [0.1, 0.15) is 54.4 Å². The fraction of sp³-hybridized carbons (Fsp3) is 0.294. The number of benzene rings is 3. The van der Waals surface area contributed by atoms with Gasteiger partial charge in [0.05, 0.1) is 5.56 Å². The number of nitrogens with one attached hydrogen (secondary N) is 2. The topological polar surface area (TPSA) is 57.3 Å². The van der Waals surface area contributed by atoms with Crippen LogP contribution in [0.4, 0.5) is 23.7 Å². The number of halogens is 3. The lowest BCUT2D eigenvalue weighted by atomic mass is 9.95. The summed E-state index contributed by atoms with van der Waals surface area (Å²) < 4.78 is 38.9. The molecule has 0 aliphatic heterocycles. The predicted molar refractivity (Wildman–Crippen MR) is 160 cm³/mol. The number of hydrogen-bond acceptors (Lipinski definition) is 3. The first-order valence-corrected chi connectivity index (χ1v) is 14.4. The number of rotatable bonds is 9. The van der Waals surface area contributed by atoms with Crippen molar-refractivity contribution in [2.75, 3.05) is 5.32 Å². The summed E-state index contributed by atoms with van der Waals surface area (Å²) in [7, 11) is 0. The van der Waals surface area contributed by atoms with Gasteiger partial charge in [-0.2, -0.15) is 13.2 Å². The largest absolute Gasteiger partial charge is 0.416 e. The Bertz CT molecular complexity index is 1430. The average molecular weight is 573 g/mol. The Kier molecular flexibility index (Phi) is 9.54. The van der Waals surface area contributed by atoms with Crippen LogP contribution in [0.3, 0.4) is 0 Å². The minimum Gasteiger partial charge on any atom is -0.316 e. The lowest BCUT2D eigenvalue weighted by Crippen LogP contribution is -2.34. The van der Waals surface area contributed by atoms with Crippen LogP contribution in [0.5, 0.6) is 0 Å². The smallest absolute Gasteiger partial charge is 0.316 e. The van der Waals surface area contributed by atoms with E-state index >= 15 is 0 Å². The van der Waals surface area contributed by atoms with Crippen molar-refractivity contribution in [3.63, 3.8) is 0 Å². The Hall–Kier alpha value is -4.17. The molecular formula is C34H35F3N4O. The summed E-state index contributed by atoms with van der Waals surface area (Å²) >= 11 is 0. The summed E-state index contributed by atoms with van der Waals surface area (Å²) in [6.45, 7) is 1.45. The molecule has 5 rings (SSSR count). The maximum atomic E-state index is 13.3. The summed E-state index contributed by atoms with van der Waals surface area (Å²) in [4.78, 5) is 19.1. The van der Waals surface area contributed by atoms with Gasteiger partial charge in [0.25, 0.3) is 0 Å². The van der Waals surface area contributed by atoms with E-state index in [0.29, 0.717) is 12.6 Å². The molecule has 4 aromatic rings. The lowest BCUT2D eigenvalue weighted by Gasteiger charge is -2.24. The molecule has 1 aliphatic rings. The van der Waals surface area contributed by atoms with Crippen LogP contribution >= 0.6 is 0 Å². The van der Waals surface area contributed by atoms with E-state index in [4.69, 9.17) is 0 Å². The molecule has 1 saturated carbocycles. The maximum absolute atomic E-state index is 13.3. The summed E-state index contributed by atoms with van der Waals surface area (Å²) in [5.41, 5.74) is 4.68. The first-order chi connectivity index (χ1) is 20.3. The van der Waals surface area contributed by atoms with Gasteiger partial charge in [-0.15, -0.1) is 0 Å². The van der Waals surface area contributed by atoms with Crippen LogP contribution < -0.4 is 10.6 Å². The average Bonchev–Trinajstić information content (AvgIpc) is 3.01. The highest BCUT2D eigenvalue weighted by molar-refractivity contribution is 5.89. The van der Waals surface area contributed by atoms with Gasteiger partial charge in [0.1, 0.15) is 0 Å². The molecule has 2 N–H and O–H groups in total. The van der Waals surface area contributed by atoms with Crippen LogP contribution in [0.25, 0.3) is 11.1 Å². The van der Waals surface area contributed by atoms with Crippen molar-refractivity contribution >= 4 is 11.7 Å². The van der Waals surface area contributed by atoms with Gasteiger partial charge >= 0.3 is 12.2 Å². The fourth-order valence-corrected chi connectivity index (χ4v) is 5.31. The fourth-order valence-electron chi connectivity index (χ4n) is 5.31. The van der Waals surface area contributed by atoms with Crippen molar-refractivity contribution in [2.45, 2.75) is 64.0 Å². The molecule has 0 radical (unpaired) electrons. The summed E-state index contributed by atoms with van der Waals surface area (Å²) in [5.74, 6) is 0. The second kappa shape index (κ2) is 13.7. The van der Waals surface area contributed by atoms with Crippen molar-refractivity contribution in [3.05, 3.63) is 120 Å². The van der Waals surface area contributed by atoms with Crippen LogP contribution in [-0.2, 0) is 25.8 Å². The number of hydrogen-bond donors (Lipinski definition) is 2. The van der Waals surface area contributed by atoms with E-state index in [1.807, 2.05) is 24.3 Å². The molecule has 0 bridgehead atoms. The standard InChI is InChI=1S/C34H35F3N4O/c35-34(36,37)30-15-17-32(18-16-30)40-33(42)41(24-27-7-5-19-38-21-27)23-26-6-4-8-29(20-26)28-13-11-25(12-14-28)22-39-31-9-2-1-3-10-31/h4-8,11-21,31,39H,1-3,9-10,22-24H2,(H,40,42). The molecular weight excluding hydrogens is 537 g/mol. The summed E-state index contributed by atoms with van der Waals surface area (Å²) in [6.07, 6.45) is 5.39. The highest BCUT2D eigenvalue weighted by Crippen LogP contribution is 2.30. The van der Waals surface area contributed by atoms with Gasteiger partial charge in [-0.05, 0) is 77.1 Å². The van der Waals surface area contributed by atoms with Crippen molar-refractivity contribution in [3.8, 4) is 11.1 Å². The molecule has 5 nitrogen and oxygen atoms in total. The Labute approximate surface area is 244 Å². The molecule has 8 heteroatoms. The SMILES string of the molecule is O=C(Nc1ccc(C(F)(F)F)cc1)N(Cc1cccnc1)Cc1cccc(-c2ccc(CNC3CCCCC3)cc2)c1. The minimum atomic E-state index is -4.44. The molecule has 42 heavy (non-hydrogen) atoms. The number of pyridine rings is 1. The zero-order valence-electron chi connectivity index (χ0n) is 23.4. The van der Waals surface area contributed by atoms with E-state index in [9.17, 15) is 18.0 Å². The Morgan fingerprint density at radius 3 is 2.21 bits per heavy atom. The number of urea groups is 1. The third-order valence-electron chi connectivity index (χ3n) is 7.63. The molecule has 1 aliphatic carbocycles. The van der Waals surface area contributed by atoms with Crippen molar-refractivity contribution in [1.29, 1.82) is 0 Å². The highest BCUT2D eigenvalue weighted by Gasteiger charge is 2.30. The third-order valence-corrected chi connectivity index (χ3v) is 7.63. The molecule has 0 unspecified atom stereocenters. The molecule has 0 atom stereocenters. The third kappa shape index (κ3) is 8.19. The zero-order chi connectivity index (χ0) is 29.4. The molecule has 1 heterocycles. The second-order valence-electron chi connectivity index (χ2n) is 10.8. The van der Waals surface area contributed by atoms with Crippen LogP contribution in [0.15, 0.2) is 97.3 Å². The maximum Gasteiger partial charge on any atom is 0.416 e. The Balaban J connectivity index is 1.28. The molecule has 0 spiro atoms. The number of aromatic nitrogens is 1. The first-order valence-electron chi connectivity index (χ1n) is 14.4. The van der Waals surface area contributed by atoms with Gasteiger partial charge < -0.3 is 15.5 Å². The quantitative estimate of drug-likeness (QED) is 0.212. The van der Waals surface area contributed by atoms with Crippen molar-refractivity contribution < 1.29 is 18.0 Å². The molecule has 1 fully saturated rings. The molecule has 218 valence electrons. The number of amides is 2. The van der Waals surface area contributed by atoms with Gasteiger partial charge in [-0.3, -0.25) is 4.98 Å². The Morgan fingerprint density at radius 2 is 1.52 bits per heavy atom. The number of carbonyl (C=O) groups excluding carboxylic acids is 1. The molecule has 0 saturated heterocycles. The molecule has 3 aromatic carbocycles. The van der Waals surface area contributed by atoms with Crippen molar-refractivity contribution in [1.82, 2.24) is 15.2 Å². The van der Waals surface area contributed by atoms with Crippen LogP contribution in [0.2, 0.25) is 0 Å². The van der Waals surface area contributed by atoms with Gasteiger partial charge in [0.15, 0.2) is 0 Å². The lowest BCUT2D eigenvalue weighted by molar-refractivity contribution is -0.137. The predicted octanol–water partition coefficient (Wildman–Crippen LogP) is 8.42. The van der Waals surface area contributed by atoms with Gasteiger partial charge in [0.2, 0.25) is 0 Å². The van der Waals surface area contributed by atoms with Gasteiger partial charge in [-0.25, -0.2) is 4.79 Å². The van der Waals surface area contributed by atoms with E-state index < -0.39 is 17.8 Å². The zero-order valence-corrected chi connectivity index (χ0v) is 23.4. The minimum absolute atomic E-state index is 0.285. The normalized spacial score (nSPS) is 14.0. The van der Waals surface area contributed by atoms with Gasteiger partial charge in [-0.1, -0.05) is 67.8 Å². The summed E-state index contributed by atoms with van der Waals surface area (Å²) in [5, 5.41) is 6.43. The monoisotopic (exact) mass is 572 g/mol. The van der Waals surface area contributed by atoms with E-state index in [1.54, 1.807) is 23.4 Å². The molecule has 1 aromatic heterocycles. The second-order valence-corrected chi connectivity index (χ2v) is 10.8. The van der Waals surface area contributed by atoms with E-state index in [1.165, 1.54) is 49.8 Å². The summed E-state index contributed by atoms with van der Waals surface area (Å²) in [6, 6.07) is 24.9. The van der Waals surface area contributed by atoms with Crippen molar-refractivity contribution in [2.24, 2.45) is 0 Å². The first kappa shape index (κ1) is 29.3. The number of carbonyl (C=O) groups is 1.